The quantitative estimate of drug-likeness (QED) is 0.675. The standard InChI is InChI=1S/C19H20N4O5/c1-5-23-17-15(18(24)22(3)19(23)25)21(2)14(20-17)7-6-11-8-12(26-4)16-13(9-11)27-10-28-16/h6-9H,5,10H2,1-4H3/b7-6+. The van der Waals surface area contributed by atoms with E-state index in [2.05, 4.69) is 4.98 Å². The second kappa shape index (κ2) is 6.59. The summed E-state index contributed by atoms with van der Waals surface area (Å²) in [5.41, 5.74) is 0.833. The molecule has 146 valence electrons. The summed E-state index contributed by atoms with van der Waals surface area (Å²) in [6.07, 6.45) is 3.62. The fraction of sp³-hybridized carbons (Fsp3) is 0.316. The summed E-state index contributed by atoms with van der Waals surface area (Å²) in [4.78, 5) is 29.4. The molecule has 0 bridgehead atoms. The van der Waals surface area contributed by atoms with E-state index in [0.29, 0.717) is 40.8 Å². The molecule has 2 aromatic heterocycles. The number of aromatic nitrogens is 4. The van der Waals surface area contributed by atoms with E-state index in [0.717, 1.165) is 10.1 Å². The number of ether oxygens (including phenoxy) is 3. The third kappa shape index (κ3) is 2.58. The van der Waals surface area contributed by atoms with Gasteiger partial charge in [-0.15, -0.1) is 0 Å². The minimum atomic E-state index is -0.380. The zero-order valence-electron chi connectivity index (χ0n) is 16.1. The van der Waals surface area contributed by atoms with Gasteiger partial charge in [-0.25, -0.2) is 9.78 Å². The highest BCUT2D eigenvalue weighted by Crippen LogP contribution is 2.42. The smallest absolute Gasteiger partial charge is 0.332 e. The fourth-order valence-corrected chi connectivity index (χ4v) is 3.30. The van der Waals surface area contributed by atoms with E-state index in [4.69, 9.17) is 14.2 Å². The maximum absolute atomic E-state index is 12.6. The van der Waals surface area contributed by atoms with E-state index in [1.54, 1.807) is 24.8 Å². The van der Waals surface area contributed by atoms with Gasteiger partial charge >= 0.3 is 5.69 Å². The van der Waals surface area contributed by atoms with Gasteiger partial charge < -0.3 is 18.8 Å². The number of rotatable bonds is 4. The second-order valence-electron chi connectivity index (χ2n) is 6.38. The number of benzene rings is 1. The molecule has 1 aliphatic rings. The third-order valence-corrected chi connectivity index (χ3v) is 4.81. The maximum Gasteiger partial charge on any atom is 0.332 e. The predicted octanol–water partition coefficient (Wildman–Crippen LogP) is 1.36. The summed E-state index contributed by atoms with van der Waals surface area (Å²) < 4.78 is 20.5. The summed E-state index contributed by atoms with van der Waals surface area (Å²) >= 11 is 0. The van der Waals surface area contributed by atoms with Crippen molar-refractivity contribution in [1.82, 2.24) is 18.7 Å². The van der Waals surface area contributed by atoms with E-state index < -0.39 is 0 Å². The molecule has 0 amide bonds. The number of hydrogen-bond acceptors (Lipinski definition) is 6. The zero-order chi connectivity index (χ0) is 20.0. The summed E-state index contributed by atoms with van der Waals surface area (Å²) in [6.45, 7) is 2.42. The molecule has 3 aromatic rings. The largest absolute Gasteiger partial charge is 0.493 e. The second-order valence-corrected chi connectivity index (χ2v) is 6.38. The minimum Gasteiger partial charge on any atom is -0.493 e. The number of methoxy groups -OCH3 is 1. The average molecular weight is 384 g/mol. The molecule has 0 saturated heterocycles. The Balaban J connectivity index is 1.83. The Bertz CT molecular complexity index is 1230. The van der Waals surface area contributed by atoms with E-state index in [1.807, 2.05) is 25.1 Å². The van der Waals surface area contributed by atoms with E-state index in [1.165, 1.54) is 11.6 Å². The lowest BCUT2D eigenvalue weighted by Crippen LogP contribution is -2.38. The third-order valence-electron chi connectivity index (χ3n) is 4.81. The van der Waals surface area contributed by atoms with Crippen molar-refractivity contribution in [2.45, 2.75) is 13.5 Å². The van der Waals surface area contributed by atoms with Crippen LogP contribution in [0.3, 0.4) is 0 Å². The molecule has 0 fully saturated rings. The Hall–Kier alpha value is -3.49. The van der Waals surface area contributed by atoms with E-state index >= 15 is 0 Å². The van der Waals surface area contributed by atoms with Crippen LogP contribution in [-0.4, -0.2) is 32.6 Å². The van der Waals surface area contributed by atoms with Crippen molar-refractivity contribution >= 4 is 23.3 Å². The molecule has 0 saturated carbocycles. The first-order valence-electron chi connectivity index (χ1n) is 8.78. The normalized spacial score (nSPS) is 13.0. The van der Waals surface area contributed by atoms with Crippen molar-refractivity contribution in [3.05, 3.63) is 44.4 Å². The Labute approximate surface area is 160 Å². The van der Waals surface area contributed by atoms with Crippen molar-refractivity contribution in [2.24, 2.45) is 14.1 Å². The van der Waals surface area contributed by atoms with Crippen molar-refractivity contribution < 1.29 is 14.2 Å². The molecular formula is C19H20N4O5. The predicted molar refractivity (Wildman–Crippen MR) is 104 cm³/mol. The molecule has 0 radical (unpaired) electrons. The first-order chi connectivity index (χ1) is 13.5. The Kier molecular flexibility index (Phi) is 4.21. The van der Waals surface area contributed by atoms with Gasteiger partial charge in [0.05, 0.1) is 7.11 Å². The lowest BCUT2D eigenvalue weighted by atomic mass is 10.1. The highest BCUT2D eigenvalue weighted by atomic mass is 16.7. The zero-order valence-corrected chi connectivity index (χ0v) is 16.1. The van der Waals surface area contributed by atoms with Crippen LogP contribution in [0.25, 0.3) is 23.3 Å². The molecule has 0 atom stereocenters. The monoisotopic (exact) mass is 384 g/mol. The van der Waals surface area contributed by atoms with Gasteiger partial charge in [0.2, 0.25) is 12.5 Å². The summed E-state index contributed by atoms with van der Waals surface area (Å²) in [5, 5.41) is 0. The molecule has 0 N–H and O–H groups in total. The molecule has 9 heteroatoms. The van der Waals surface area contributed by atoms with Gasteiger partial charge in [-0.1, -0.05) is 6.08 Å². The van der Waals surface area contributed by atoms with Gasteiger partial charge in [-0.3, -0.25) is 13.9 Å². The van der Waals surface area contributed by atoms with Crippen LogP contribution in [0.5, 0.6) is 17.2 Å². The van der Waals surface area contributed by atoms with E-state index in [9.17, 15) is 9.59 Å². The first-order valence-corrected chi connectivity index (χ1v) is 8.78. The molecule has 1 aliphatic heterocycles. The van der Waals surface area contributed by atoms with Crippen LogP contribution in [0.4, 0.5) is 0 Å². The Morgan fingerprint density at radius 2 is 1.96 bits per heavy atom. The van der Waals surface area contributed by atoms with Crippen LogP contribution in [-0.2, 0) is 20.6 Å². The molecule has 28 heavy (non-hydrogen) atoms. The van der Waals surface area contributed by atoms with Crippen molar-refractivity contribution in [2.75, 3.05) is 13.9 Å². The van der Waals surface area contributed by atoms with Gasteiger partial charge in [-0.05, 0) is 30.7 Å². The molecule has 9 nitrogen and oxygen atoms in total. The maximum atomic E-state index is 12.6. The molecule has 3 heterocycles. The Morgan fingerprint density at radius 1 is 1.18 bits per heavy atom. The molecule has 4 rings (SSSR count). The van der Waals surface area contributed by atoms with Gasteiger partial charge in [0.15, 0.2) is 22.7 Å². The fourth-order valence-electron chi connectivity index (χ4n) is 3.30. The van der Waals surface area contributed by atoms with Gasteiger partial charge in [0.25, 0.3) is 5.56 Å². The number of aryl methyl sites for hydroxylation is 2. The summed E-state index contributed by atoms with van der Waals surface area (Å²) in [6, 6.07) is 3.67. The number of hydrogen-bond donors (Lipinski definition) is 0. The van der Waals surface area contributed by atoms with Crippen molar-refractivity contribution in [3.8, 4) is 17.2 Å². The van der Waals surface area contributed by atoms with Crippen LogP contribution in [0, 0.1) is 0 Å². The molecular weight excluding hydrogens is 364 g/mol. The SMILES string of the molecule is CCn1c(=O)n(C)c(=O)c2c1nc(/C=C/c1cc(OC)c3c(c1)OCO3)n2C. The van der Waals surface area contributed by atoms with Crippen molar-refractivity contribution in [1.29, 1.82) is 0 Å². The molecule has 1 aromatic carbocycles. The number of imidazole rings is 1. The van der Waals surface area contributed by atoms with Crippen LogP contribution >= 0.6 is 0 Å². The van der Waals surface area contributed by atoms with Gasteiger partial charge in [0.1, 0.15) is 5.82 Å². The van der Waals surface area contributed by atoms with Crippen LogP contribution < -0.4 is 25.5 Å². The number of nitrogens with zero attached hydrogens (tertiary/aromatic N) is 4. The average Bonchev–Trinajstić information content (AvgIpc) is 3.29. The summed E-state index contributed by atoms with van der Waals surface area (Å²) in [7, 11) is 4.79. The lowest BCUT2D eigenvalue weighted by Gasteiger charge is -2.06. The highest BCUT2D eigenvalue weighted by Gasteiger charge is 2.20. The van der Waals surface area contributed by atoms with Crippen molar-refractivity contribution in [3.63, 3.8) is 0 Å². The molecule has 0 aliphatic carbocycles. The van der Waals surface area contributed by atoms with E-state index in [-0.39, 0.29) is 18.0 Å². The Morgan fingerprint density at radius 3 is 2.68 bits per heavy atom. The summed E-state index contributed by atoms with van der Waals surface area (Å²) in [5.74, 6) is 2.32. The van der Waals surface area contributed by atoms with Crippen LogP contribution in [0.2, 0.25) is 0 Å². The highest BCUT2D eigenvalue weighted by molar-refractivity contribution is 5.77. The van der Waals surface area contributed by atoms with Crippen LogP contribution in [0.1, 0.15) is 18.3 Å². The molecule has 0 unspecified atom stereocenters. The van der Waals surface area contributed by atoms with Gasteiger partial charge in [-0.2, -0.15) is 0 Å². The number of fused-ring (bicyclic) bond motifs is 2. The van der Waals surface area contributed by atoms with Gasteiger partial charge in [0, 0.05) is 20.6 Å². The molecule has 0 spiro atoms. The first kappa shape index (κ1) is 17.9. The van der Waals surface area contributed by atoms with Crippen LogP contribution in [0.15, 0.2) is 21.7 Å². The lowest BCUT2D eigenvalue weighted by molar-refractivity contribution is 0.171. The minimum absolute atomic E-state index is 0.154. The topological polar surface area (TPSA) is 89.5 Å².